The molecule has 0 amide bonds. The van der Waals surface area contributed by atoms with E-state index in [2.05, 4.69) is 9.97 Å². The molecule has 1 aromatic rings. The Bertz CT molecular complexity index is 353. The molecule has 1 heterocycles. The van der Waals surface area contributed by atoms with Crippen molar-refractivity contribution in [3.8, 4) is 0 Å². The molecular formula is C9H12N2O2S. The Kier molecular flexibility index (Phi) is 3.46. The number of nitrogens with zero attached hydrogens (tertiary/aromatic N) is 2. The first-order valence-electron chi connectivity index (χ1n) is 4.21. The number of thioether (sulfide) groups is 1. The quantitative estimate of drug-likeness (QED) is 0.613. The second kappa shape index (κ2) is 4.41. The smallest absolute Gasteiger partial charge is 0.354 e. The van der Waals surface area contributed by atoms with Crippen LogP contribution in [0.1, 0.15) is 35.9 Å². The van der Waals surface area contributed by atoms with Crippen LogP contribution >= 0.6 is 11.8 Å². The average Bonchev–Trinajstić information content (AvgIpc) is 2.16. The van der Waals surface area contributed by atoms with E-state index in [0.717, 1.165) is 5.69 Å². The fourth-order valence-corrected chi connectivity index (χ4v) is 1.33. The maximum Gasteiger partial charge on any atom is 0.354 e. The van der Waals surface area contributed by atoms with Gasteiger partial charge in [-0.25, -0.2) is 14.8 Å². The molecule has 14 heavy (non-hydrogen) atoms. The molecule has 0 bridgehead atoms. The molecule has 1 rings (SSSR count). The van der Waals surface area contributed by atoms with E-state index in [-0.39, 0.29) is 11.6 Å². The summed E-state index contributed by atoms with van der Waals surface area (Å²) in [6.07, 6.45) is 1.82. The highest BCUT2D eigenvalue weighted by Crippen LogP contribution is 2.16. The number of rotatable bonds is 3. The molecule has 5 heteroatoms. The van der Waals surface area contributed by atoms with Crippen molar-refractivity contribution in [1.29, 1.82) is 0 Å². The van der Waals surface area contributed by atoms with Crippen molar-refractivity contribution in [3.05, 3.63) is 17.5 Å². The Labute approximate surface area is 86.8 Å². The van der Waals surface area contributed by atoms with Crippen LogP contribution in [0.4, 0.5) is 0 Å². The molecule has 0 aromatic carbocycles. The van der Waals surface area contributed by atoms with Crippen LogP contribution in [0.25, 0.3) is 0 Å². The van der Waals surface area contributed by atoms with E-state index >= 15 is 0 Å². The number of aromatic carboxylic acids is 1. The van der Waals surface area contributed by atoms with Gasteiger partial charge in [-0.2, -0.15) is 0 Å². The highest BCUT2D eigenvalue weighted by Gasteiger charge is 2.11. The van der Waals surface area contributed by atoms with Crippen LogP contribution in [0.5, 0.6) is 0 Å². The molecular weight excluding hydrogens is 200 g/mol. The predicted octanol–water partition coefficient (Wildman–Crippen LogP) is 2.02. The minimum absolute atomic E-state index is 0.0630. The Hall–Kier alpha value is -1.10. The molecule has 0 radical (unpaired) electrons. The van der Waals surface area contributed by atoms with Gasteiger partial charge in [0, 0.05) is 5.69 Å². The molecule has 0 aliphatic heterocycles. The summed E-state index contributed by atoms with van der Waals surface area (Å²) >= 11 is 1.35. The van der Waals surface area contributed by atoms with Crippen molar-refractivity contribution in [3.63, 3.8) is 0 Å². The maximum absolute atomic E-state index is 10.7. The third-order valence-electron chi connectivity index (χ3n) is 1.72. The second-order valence-electron chi connectivity index (χ2n) is 3.12. The van der Waals surface area contributed by atoms with Gasteiger partial charge in [-0.1, -0.05) is 25.6 Å². The van der Waals surface area contributed by atoms with Gasteiger partial charge in [0.2, 0.25) is 0 Å². The van der Waals surface area contributed by atoms with Crippen molar-refractivity contribution in [2.45, 2.75) is 24.9 Å². The van der Waals surface area contributed by atoms with Crippen LogP contribution in [-0.4, -0.2) is 27.3 Å². The molecule has 0 fully saturated rings. The standard InChI is InChI=1S/C9H12N2O2S/c1-5(2)6-4-7(8(12)13)11-9(10-6)14-3/h4-5H,1-3H3,(H,12,13). The topological polar surface area (TPSA) is 63.1 Å². The summed E-state index contributed by atoms with van der Waals surface area (Å²) in [5.74, 6) is -0.799. The Balaban J connectivity index is 3.20. The third kappa shape index (κ3) is 2.45. The van der Waals surface area contributed by atoms with Gasteiger partial charge in [0.1, 0.15) is 0 Å². The van der Waals surface area contributed by atoms with Gasteiger partial charge < -0.3 is 5.11 Å². The Morgan fingerprint density at radius 3 is 2.57 bits per heavy atom. The normalized spacial score (nSPS) is 10.6. The lowest BCUT2D eigenvalue weighted by atomic mass is 10.1. The fourth-order valence-electron chi connectivity index (χ4n) is 0.940. The number of hydrogen-bond donors (Lipinski definition) is 1. The summed E-state index contributed by atoms with van der Waals surface area (Å²) < 4.78 is 0. The van der Waals surface area contributed by atoms with Crippen LogP contribution in [0.15, 0.2) is 11.2 Å². The lowest BCUT2D eigenvalue weighted by molar-refractivity contribution is 0.0689. The summed E-state index contributed by atoms with van der Waals surface area (Å²) in [5.41, 5.74) is 0.829. The largest absolute Gasteiger partial charge is 0.477 e. The van der Waals surface area contributed by atoms with E-state index in [1.807, 2.05) is 20.1 Å². The lowest BCUT2D eigenvalue weighted by Crippen LogP contribution is -2.06. The molecule has 4 nitrogen and oxygen atoms in total. The van der Waals surface area contributed by atoms with E-state index in [0.29, 0.717) is 5.16 Å². The Morgan fingerprint density at radius 2 is 2.14 bits per heavy atom. The van der Waals surface area contributed by atoms with E-state index in [4.69, 9.17) is 5.11 Å². The first kappa shape index (κ1) is 11.0. The Morgan fingerprint density at radius 1 is 1.50 bits per heavy atom. The van der Waals surface area contributed by atoms with Crippen molar-refractivity contribution < 1.29 is 9.90 Å². The van der Waals surface area contributed by atoms with Crippen LogP contribution in [0.3, 0.4) is 0 Å². The minimum atomic E-state index is -1.01. The number of carbonyl (C=O) groups is 1. The number of aromatic nitrogens is 2. The summed E-state index contributed by atoms with van der Waals surface area (Å²) in [6.45, 7) is 3.94. The van der Waals surface area contributed by atoms with Crippen molar-refractivity contribution >= 4 is 17.7 Å². The van der Waals surface area contributed by atoms with Crippen LogP contribution < -0.4 is 0 Å². The predicted molar refractivity (Wildman–Crippen MR) is 54.9 cm³/mol. The van der Waals surface area contributed by atoms with Crippen molar-refractivity contribution in [2.24, 2.45) is 0 Å². The molecule has 0 atom stereocenters. The zero-order chi connectivity index (χ0) is 10.7. The molecule has 0 spiro atoms. The zero-order valence-corrected chi connectivity index (χ0v) is 9.13. The van der Waals surface area contributed by atoms with E-state index in [1.54, 1.807) is 0 Å². The van der Waals surface area contributed by atoms with E-state index in [1.165, 1.54) is 17.8 Å². The van der Waals surface area contributed by atoms with Gasteiger partial charge in [0.25, 0.3) is 0 Å². The van der Waals surface area contributed by atoms with Crippen molar-refractivity contribution in [1.82, 2.24) is 9.97 Å². The van der Waals surface area contributed by atoms with Gasteiger partial charge in [-0.3, -0.25) is 0 Å². The fraction of sp³-hybridized carbons (Fsp3) is 0.444. The van der Waals surface area contributed by atoms with Gasteiger partial charge in [0.05, 0.1) is 0 Å². The second-order valence-corrected chi connectivity index (χ2v) is 3.90. The van der Waals surface area contributed by atoms with Gasteiger partial charge in [-0.05, 0) is 18.2 Å². The molecule has 1 aromatic heterocycles. The first-order chi connectivity index (χ1) is 6.54. The minimum Gasteiger partial charge on any atom is -0.477 e. The number of carboxylic acid groups (broad SMARTS) is 1. The summed E-state index contributed by atoms with van der Waals surface area (Å²) in [5, 5.41) is 9.32. The first-order valence-corrected chi connectivity index (χ1v) is 5.43. The molecule has 0 aliphatic rings. The van der Waals surface area contributed by atoms with E-state index < -0.39 is 5.97 Å². The van der Waals surface area contributed by atoms with Crippen LogP contribution in [0.2, 0.25) is 0 Å². The highest BCUT2D eigenvalue weighted by molar-refractivity contribution is 7.98. The molecule has 0 saturated carbocycles. The average molecular weight is 212 g/mol. The van der Waals surface area contributed by atoms with Crippen LogP contribution in [-0.2, 0) is 0 Å². The van der Waals surface area contributed by atoms with Gasteiger partial charge >= 0.3 is 5.97 Å². The highest BCUT2D eigenvalue weighted by atomic mass is 32.2. The summed E-state index contributed by atoms with van der Waals surface area (Å²) in [6, 6.07) is 1.52. The molecule has 0 aliphatic carbocycles. The summed E-state index contributed by atoms with van der Waals surface area (Å²) in [4.78, 5) is 18.9. The zero-order valence-electron chi connectivity index (χ0n) is 8.31. The molecule has 0 saturated heterocycles. The van der Waals surface area contributed by atoms with Crippen molar-refractivity contribution in [2.75, 3.05) is 6.26 Å². The molecule has 1 N–H and O–H groups in total. The maximum atomic E-state index is 10.7. The number of carboxylic acids is 1. The van der Waals surface area contributed by atoms with Gasteiger partial charge in [0.15, 0.2) is 10.9 Å². The molecule has 0 unspecified atom stereocenters. The lowest BCUT2D eigenvalue weighted by Gasteiger charge is -2.06. The van der Waals surface area contributed by atoms with E-state index in [9.17, 15) is 4.79 Å². The number of hydrogen-bond acceptors (Lipinski definition) is 4. The summed E-state index contributed by atoms with van der Waals surface area (Å²) in [7, 11) is 0. The molecule has 76 valence electrons. The monoisotopic (exact) mass is 212 g/mol. The van der Waals surface area contributed by atoms with Crippen LogP contribution in [0, 0.1) is 0 Å². The third-order valence-corrected chi connectivity index (χ3v) is 2.27. The van der Waals surface area contributed by atoms with Gasteiger partial charge in [-0.15, -0.1) is 0 Å². The SMILES string of the molecule is CSc1nc(C(=O)O)cc(C(C)C)n1.